The highest BCUT2D eigenvalue weighted by molar-refractivity contribution is 5.46. The van der Waals surface area contributed by atoms with Crippen molar-refractivity contribution in [3.63, 3.8) is 0 Å². The first kappa shape index (κ1) is 15.8. The van der Waals surface area contributed by atoms with Crippen LogP contribution in [0.4, 0.5) is 0 Å². The molecule has 1 unspecified atom stereocenters. The fourth-order valence-corrected chi connectivity index (χ4v) is 3.04. The van der Waals surface area contributed by atoms with E-state index in [1.807, 2.05) is 18.2 Å². The average molecular weight is 282 g/mol. The van der Waals surface area contributed by atoms with Gasteiger partial charge in [-0.1, -0.05) is 57.2 Å². The van der Waals surface area contributed by atoms with Crippen LogP contribution in [0.2, 0.25) is 0 Å². The van der Waals surface area contributed by atoms with Gasteiger partial charge in [0.2, 0.25) is 0 Å². The van der Waals surface area contributed by atoms with Crippen LogP contribution in [-0.2, 0) is 19.3 Å². The summed E-state index contributed by atoms with van der Waals surface area (Å²) in [5.74, 6) is 0. The minimum absolute atomic E-state index is 0.526. The van der Waals surface area contributed by atoms with Crippen LogP contribution in [0.5, 0.6) is 0 Å². The third-order valence-electron chi connectivity index (χ3n) is 4.34. The predicted octanol–water partition coefficient (Wildman–Crippen LogP) is 4.76. The average Bonchev–Trinajstić information content (AvgIpc) is 2.53. The zero-order valence-electron chi connectivity index (χ0n) is 13.6. The number of hydrogen-bond donors (Lipinski definition) is 1. The van der Waals surface area contributed by atoms with Crippen LogP contribution in [0.3, 0.4) is 0 Å². The first-order valence-electron chi connectivity index (χ1n) is 8.00. The lowest BCUT2D eigenvalue weighted by molar-refractivity contribution is 0.217. The van der Waals surface area contributed by atoms with E-state index < -0.39 is 6.10 Å². The third-order valence-corrected chi connectivity index (χ3v) is 4.34. The largest absolute Gasteiger partial charge is 0.384 e. The standard InChI is InChI=1S/C20H26O/c1-5-15-12-16(6-2)19(17(7-3)13-15)20(21)18-11-9-8-10-14(18)4/h8-13,20-21H,5-7H2,1-4H3. The Kier molecular flexibility index (Phi) is 5.19. The Labute approximate surface area is 128 Å². The smallest absolute Gasteiger partial charge is 0.105 e. The topological polar surface area (TPSA) is 20.2 Å². The summed E-state index contributed by atoms with van der Waals surface area (Å²) >= 11 is 0. The normalized spacial score (nSPS) is 12.4. The van der Waals surface area contributed by atoms with Gasteiger partial charge in [-0.05, 0) is 59.6 Å². The Bertz CT molecular complexity index is 588. The van der Waals surface area contributed by atoms with Crippen LogP contribution in [0.15, 0.2) is 36.4 Å². The Hall–Kier alpha value is -1.60. The zero-order valence-corrected chi connectivity index (χ0v) is 13.6. The number of aliphatic hydroxyl groups excluding tert-OH is 1. The maximum Gasteiger partial charge on any atom is 0.105 e. The fourth-order valence-electron chi connectivity index (χ4n) is 3.04. The summed E-state index contributed by atoms with van der Waals surface area (Å²) in [7, 11) is 0. The SMILES string of the molecule is CCc1cc(CC)c(C(O)c2ccccc2C)c(CC)c1. The fraction of sp³-hybridized carbons (Fsp3) is 0.400. The van der Waals surface area contributed by atoms with Crippen molar-refractivity contribution in [2.75, 3.05) is 0 Å². The van der Waals surface area contributed by atoms with E-state index in [1.165, 1.54) is 16.7 Å². The number of benzene rings is 2. The van der Waals surface area contributed by atoms with Crippen LogP contribution in [0.1, 0.15) is 60.3 Å². The molecule has 0 aliphatic heterocycles. The zero-order chi connectivity index (χ0) is 15.4. The maximum absolute atomic E-state index is 11.0. The second-order valence-corrected chi connectivity index (χ2v) is 5.65. The van der Waals surface area contributed by atoms with Crippen molar-refractivity contribution in [3.05, 3.63) is 69.8 Å². The molecule has 0 amide bonds. The molecule has 2 rings (SSSR count). The van der Waals surface area contributed by atoms with Crippen LogP contribution >= 0.6 is 0 Å². The van der Waals surface area contributed by atoms with Gasteiger partial charge in [-0.15, -0.1) is 0 Å². The molecule has 2 aromatic carbocycles. The number of rotatable bonds is 5. The molecule has 0 heterocycles. The highest BCUT2D eigenvalue weighted by Crippen LogP contribution is 2.32. The summed E-state index contributed by atoms with van der Waals surface area (Å²) in [5.41, 5.74) is 7.21. The van der Waals surface area contributed by atoms with Gasteiger partial charge in [-0.2, -0.15) is 0 Å². The van der Waals surface area contributed by atoms with Crippen molar-refractivity contribution in [3.8, 4) is 0 Å². The molecule has 1 heteroatoms. The molecule has 0 radical (unpaired) electrons. The summed E-state index contributed by atoms with van der Waals surface area (Å²) < 4.78 is 0. The Balaban J connectivity index is 2.59. The van der Waals surface area contributed by atoms with Crippen molar-refractivity contribution < 1.29 is 5.11 Å². The lowest BCUT2D eigenvalue weighted by atomic mass is 9.87. The summed E-state index contributed by atoms with van der Waals surface area (Å²) in [6.45, 7) is 8.59. The highest BCUT2D eigenvalue weighted by Gasteiger charge is 2.19. The number of hydrogen-bond acceptors (Lipinski definition) is 1. The van der Waals surface area contributed by atoms with Gasteiger partial charge >= 0.3 is 0 Å². The summed E-state index contributed by atoms with van der Waals surface area (Å²) in [6, 6.07) is 12.6. The first-order chi connectivity index (χ1) is 10.1. The number of aliphatic hydroxyl groups is 1. The molecule has 1 N–H and O–H groups in total. The van der Waals surface area contributed by atoms with Crippen molar-refractivity contribution in [2.24, 2.45) is 0 Å². The summed E-state index contributed by atoms with van der Waals surface area (Å²) in [5, 5.41) is 11.0. The molecular weight excluding hydrogens is 256 g/mol. The highest BCUT2D eigenvalue weighted by atomic mass is 16.3. The molecule has 0 fully saturated rings. The van der Waals surface area contributed by atoms with Gasteiger partial charge in [-0.25, -0.2) is 0 Å². The van der Waals surface area contributed by atoms with Gasteiger partial charge in [0, 0.05) is 0 Å². The molecular formula is C20H26O. The quantitative estimate of drug-likeness (QED) is 0.838. The van der Waals surface area contributed by atoms with E-state index >= 15 is 0 Å². The number of aryl methyl sites for hydroxylation is 4. The Morgan fingerprint density at radius 2 is 1.48 bits per heavy atom. The Morgan fingerprint density at radius 1 is 0.905 bits per heavy atom. The molecule has 1 nitrogen and oxygen atoms in total. The molecule has 112 valence electrons. The van der Waals surface area contributed by atoms with E-state index in [4.69, 9.17) is 0 Å². The Morgan fingerprint density at radius 3 is 1.95 bits per heavy atom. The molecule has 2 aromatic rings. The molecule has 0 aliphatic carbocycles. The van der Waals surface area contributed by atoms with Gasteiger partial charge in [0.1, 0.15) is 6.10 Å². The van der Waals surface area contributed by atoms with Gasteiger partial charge in [0.25, 0.3) is 0 Å². The van der Waals surface area contributed by atoms with E-state index in [-0.39, 0.29) is 0 Å². The second kappa shape index (κ2) is 6.91. The van der Waals surface area contributed by atoms with E-state index in [1.54, 1.807) is 0 Å². The van der Waals surface area contributed by atoms with Crippen molar-refractivity contribution >= 4 is 0 Å². The van der Waals surface area contributed by atoms with Crippen molar-refractivity contribution in [2.45, 2.75) is 53.1 Å². The van der Waals surface area contributed by atoms with E-state index in [9.17, 15) is 5.11 Å². The van der Waals surface area contributed by atoms with Crippen molar-refractivity contribution in [1.29, 1.82) is 0 Å². The molecule has 0 saturated carbocycles. The van der Waals surface area contributed by atoms with Gasteiger partial charge in [0.05, 0.1) is 0 Å². The first-order valence-corrected chi connectivity index (χ1v) is 8.00. The van der Waals surface area contributed by atoms with Crippen LogP contribution in [0.25, 0.3) is 0 Å². The molecule has 0 aromatic heterocycles. The minimum Gasteiger partial charge on any atom is -0.384 e. The van der Waals surface area contributed by atoms with Crippen LogP contribution in [0, 0.1) is 6.92 Å². The molecule has 0 bridgehead atoms. The van der Waals surface area contributed by atoms with Crippen molar-refractivity contribution in [1.82, 2.24) is 0 Å². The maximum atomic E-state index is 11.0. The van der Waals surface area contributed by atoms with E-state index in [0.717, 1.165) is 36.0 Å². The predicted molar refractivity (Wildman–Crippen MR) is 89.8 cm³/mol. The van der Waals surface area contributed by atoms with Gasteiger partial charge in [-0.3, -0.25) is 0 Å². The van der Waals surface area contributed by atoms with E-state index in [0.29, 0.717) is 0 Å². The molecule has 0 spiro atoms. The molecule has 1 atom stereocenters. The molecule has 0 aliphatic rings. The second-order valence-electron chi connectivity index (χ2n) is 5.65. The minimum atomic E-state index is -0.526. The lowest BCUT2D eigenvalue weighted by Gasteiger charge is -2.22. The molecule has 0 saturated heterocycles. The van der Waals surface area contributed by atoms with Gasteiger partial charge in [0.15, 0.2) is 0 Å². The molecule has 21 heavy (non-hydrogen) atoms. The monoisotopic (exact) mass is 282 g/mol. The third kappa shape index (κ3) is 3.19. The van der Waals surface area contributed by atoms with Gasteiger partial charge < -0.3 is 5.11 Å². The van der Waals surface area contributed by atoms with Crippen LogP contribution < -0.4 is 0 Å². The van der Waals surface area contributed by atoms with Crippen LogP contribution in [-0.4, -0.2) is 5.11 Å². The lowest BCUT2D eigenvalue weighted by Crippen LogP contribution is -2.09. The summed E-state index contributed by atoms with van der Waals surface area (Å²) in [6.07, 6.45) is 2.43. The summed E-state index contributed by atoms with van der Waals surface area (Å²) in [4.78, 5) is 0. The van der Waals surface area contributed by atoms with E-state index in [2.05, 4.69) is 45.9 Å².